The number of ether oxygens (including phenoxy) is 1. The van der Waals surface area contributed by atoms with Crippen molar-refractivity contribution in [2.75, 3.05) is 12.4 Å². The maximum Gasteiger partial charge on any atom is 0.262 e. The third-order valence-electron chi connectivity index (χ3n) is 4.88. The topological polar surface area (TPSA) is 61.4 Å². The largest absolute Gasteiger partial charge is 0.492 e. The van der Waals surface area contributed by atoms with Gasteiger partial charge in [0.25, 0.3) is 5.56 Å². The van der Waals surface area contributed by atoms with Crippen LogP contribution in [0.15, 0.2) is 58.5 Å². The van der Waals surface area contributed by atoms with Gasteiger partial charge in [-0.05, 0) is 37.1 Å². The van der Waals surface area contributed by atoms with Crippen molar-refractivity contribution < 1.29 is 4.74 Å². The molecule has 4 aromatic rings. The number of rotatable bonds is 8. The van der Waals surface area contributed by atoms with Gasteiger partial charge in [0, 0.05) is 12.3 Å². The summed E-state index contributed by atoms with van der Waals surface area (Å²) < 4.78 is 9.63. The fraction of sp³-hybridized carbons (Fsp3) is 0.318. The van der Waals surface area contributed by atoms with E-state index in [0.717, 1.165) is 40.6 Å². The number of unbranched alkanes of at least 4 members (excludes halogenated alkanes) is 1. The SMILES string of the molecule is CCCCn1c(=O)c2ccccc2n2c(SCCOc3ccccc3C)nnc12. The van der Waals surface area contributed by atoms with Gasteiger partial charge in [0.2, 0.25) is 5.78 Å². The summed E-state index contributed by atoms with van der Waals surface area (Å²) in [5.74, 6) is 2.24. The standard InChI is InChI=1S/C22H24N4O2S/c1-3-4-13-25-20(27)17-10-6-7-11-18(17)26-21(25)23-24-22(26)29-15-14-28-19-12-8-5-9-16(19)2/h5-12H,3-4,13-15H2,1-2H3. The molecule has 29 heavy (non-hydrogen) atoms. The van der Waals surface area contributed by atoms with Crippen molar-refractivity contribution >= 4 is 28.4 Å². The molecule has 0 spiro atoms. The van der Waals surface area contributed by atoms with E-state index in [0.29, 0.717) is 24.3 Å². The van der Waals surface area contributed by atoms with E-state index in [1.807, 2.05) is 59.9 Å². The number of para-hydroxylation sites is 2. The Balaban J connectivity index is 1.62. The molecule has 0 saturated heterocycles. The zero-order valence-corrected chi connectivity index (χ0v) is 17.5. The van der Waals surface area contributed by atoms with E-state index >= 15 is 0 Å². The molecule has 2 heterocycles. The van der Waals surface area contributed by atoms with Gasteiger partial charge >= 0.3 is 0 Å². The normalized spacial score (nSPS) is 11.4. The van der Waals surface area contributed by atoms with Crippen LogP contribution in [0.1, 0.15) is 25.3 Å². The molecule has 150 valence electrons. The predicted molar refractivity (Wildman–Crippen MR) is 117 cm³/mol. The number of aryl methyl sites for hydroxylation is 2. The lowest BCUT2D eigenvalue weighted by atomic mass is 10.2. The van der Waals surface area contributed by atoms with Crippen LogP contribution in [0.4, 0.5) is 0 Å². The Kier molecular flexibility index (Phi) is 5.85. The fourth-order valence-electron chi connectivity index (χ4n) is 3.35. The van der Waals surface area contributed by atoms with Gasteiger partial charge in [-0.2, -0.15) is 0 Å². The second-order valence-corrected chi connectivity index (χ2v) is 7.97. The molecule has 0 radical (unpaired) electrons. The van der Waals surface area contributed by atoms with Crippen molar-refractivity contribution in [1.29, 1.82) is 0 Å². The minimum atomic E-state index is -0.00612. The van der Waals surface area contributed by atoms with Gasteiger partial charge in [-0.3, -0.25) is 13.8 Å². The highest BCUT2D eigenvalue weighted by Gasteiger charge is 2.16. The molecule has 0 unspecified atom stereocenters. The molecule has 6 nitrogen and oxygen atoms in total. The van der Waals surface area contributed by atoms with Crippen LogP contribution in [0, 0.1) is 6.92 Å². The lowest BCUT2D eigenvalue weighted by molar-refractivity contribution is 0.341. The molecular weight excluding hydrogens is 384 g/mol. The van der Waals surface area contributed by atoms with E-state index in [9.17, 15) is 4.79 Å². The smallest absolute Gasteiger partial charge is 0.262 e. The Bertz CT molecular complexity index is 1200. The quantitative estimate of drug-likeness (QED) is 0.321. The second-order valence-electron chi connectivity index (χ2n) is 6.91. The molecule has 2 aromatic heterocycles. The number of hydrogen-bond donors (Lipinski definition) is 0. The first-order valence-corrected chi connectivity index (χ1v) is 10.9. The summed E-state index contributed by atoms with van der Waals surface area (Å²) in [7, 11) is 0. The first kappa shape index (κ1) is 19.5. The lowest BCUT2D eigenvalue weighted by Crippen LogP contribution is -2.23. The van der Waals surface area contributed by atoms with Gasteiger partial charge in [-0.1, -0.05) is 55.4 Å². The molecule has 0 amide bonds. The highest BCUT2D eigenvalue weighted by molar-refractivity contribution is 7.99. The highest BCUT2D eigenvalue weighted by atomic mass is 32.2. The lowest BCUT2D eigenvalue weighted by Gasteiger charge is -2.11. The summed E-state index contributed by atoms with van der Waals surface area (Å²) in [5.41, 5.74) is 1.96. The first-order chi connectivity index (χ1) is 14.2. The number of fused-ring (bicyclic) bond motifs is 3. The van der Waals surface area contributed by atoms with Gasteiger partial charge in [0.15, 0.2) is 5.16 Å². The number of benzene rings is 2. The molecule has 0 aliphatic carbocycles. The Morgan fingerprint density at radius 3 is 2.69 bits per heavy atom. The van der Waals surface area contributed by atoms with E-state index in [4.69, 9.17) is 4.74 Å². The maximum atomic E-state index is 13.0. The number of thioether (sulfide) groups is 1. The summed E-state index contributed by atoms with van der Waals surface area (Å²) in [6.07, 6.45) is 1.94. The Hall–Kier alpha value is -2.80. The summed E-state index contributed by atoms with van der Waals surface area (Å²) in [5, 5.41) is 10.2. The van der Waals surface area contributed by atoms with Crippen LogP contribution in [0.2, 0.25) is 0 Å². The van der Waals surface area contributed by atoms with E-state index < -0.39 is 0 Å². The fourth-order valence-corrected chi connectivity index (χ4v) is 4.10. The third-order valence-corrected chi connectivity index (χ3v) is 5.77. The number of hydrogen-bond acceptors (Lipinski definition) is 5. The van der Waals surface area contributed by atoms with Crippen LogP contribution in [-0.4, -0.2) is 31.5 Å². The number of aromatic nitrogens is 4. The minimum absolute atomic E-state index is 0.00612. The van der Waals surface area contributed by atoms with Crippen molar-refractivity contribution in [3.05, 3.63) is 64.4 Å². The van der Waals surface area contributed by atoms with Crippen molar-refractivity contribution in [3.8, 4) is 5.75 Å². The van der Waals surface area contributed by atoms with Gasteiger partial charge in [-0.15, -0.1) is 10.2 Å². The van der Waals surface area contributed by atoms with Crippen molar-refractivity contribution in [2.45, 2.75) is 38.4 Å². The van der Waals surface area contributed by atoms with Crippen LogP contribution >= 0.6 is 11.8 Å². The molecule has 0 N–H and O–H groups in total. The maximum absolute atomic E-state index is 13.0. The van der Waals surface area contributed by atoms with Crippen molar-refractivity contribution in [3.63, 3.8) is 0 Å². The minimum Gasteiger partial charge on any atom is -0.492 e. The number of nitrogens with zero attached hydrogens (tertiary/aromatic N) is 4. The summed E-state index contributed by atoms with van der Waals surface area (Å²) in [4.78, 5) is 13.0. The van der Waals surface area contributed by atoms with Gasteiger partial charge in [0.05, 0.1) is 17.5 Å². The molecule has 0 atom stereocenters. The van der Waals surface area contributed by atoms with Crippen molar-refractivity contribution in [2.24, 2.45) is 0 Å². The van der Waals surface area contributed by atoms with Crippen LogP contribution in [0.5, 0.6) is 5.75 Å². The molecule has 2 aromatic carbocycles. The second kappa shape index (κ2) is 8.69. The predicted octanol–water partition coefficient (Wildman–Crippen LogP) is 4.32. The molecular formula is C22H24N4O2S. The Morgan fingerprint density at radius 2 is 1.86 bits per heavy atom. The summed E-state index contributed by atoms with van der Waals surface area (Å²) >= 11 is 1.58. The monoisotopic (exact) mass is 408 g/mol. The molecule has 0 aliphatic heterocycles. The van der Waals surface area contributed by atoms with Crippen LogP contribution in [0.25, 0.3) is 16.7 Å². The average Bonchev–Trinajstić information content (AvgIpc) is 3.16. The van der Waals surface area contributed by atoms with E-state index in [-0.39, 0.29) is 5.56 Å². The molecule has 0 fully saturated rings. The molecule has 0 bridgehead atoms. The van der Waals surface area contributed by atoms with Crippen LogP contribution in [-0.2, 0) is 6.54 Å². The van der Waals surface area contributed by atoms with E-state index in [1.165, 1.54) is 0 Å². The van der Waals surface area contributed by atoms with E-state index in [1.54, 1.807) is 16.3 Å². The zero-order chi connectivity index (χ0) is 20.2. The van der Waals surface area contributed by atoms with Gasteiger partial charge in [-0.25, -0.2) is 0 Å². The average molecular weight is 409 g/mol. The first-order valence-electron chi connectivity index (χ1n) is 9.88. The van der Waals surface area contributed by atoms with E-state index in [2.05, 4.69) is 17.1 Å². The molecule has 0 saturated carbocycles. The van der Waals surface area contributed by atoms with Gasteiger partial charge < -0.3 is 4.74 Å². The third kappa shape index (κ3) is 3.87. The van der Waals surface area contributed by atoms with Crippen LogP contribution in [0.3, 0.4) is 0 Å². The molecule has 0 aliphatic rings. The highest BCUT2D eigenvalue weighted by Crippen LogP contribution is 2.22. The Morgan fingerprint density at radius 1 is 1.07 bits per heavy atom. The zero-order valence-electron chi connectivity index (χ0n) is 16.7. The summed E-state index contributed by atoms with van der Waals surface area (Å²) in [6, 6.07) is 15.6. The molecule has 7 heteroatoms. The van der Waals surface area contributed by atoms with Crippen molar-refractivity contribution in [1.82, 2.24) is 19.2 Å². The van der Waals surface area contributed by atoms with Crippen LogP contribution < -0.4 is 10.3 Å². The molecule has 4 rings (SSSR count). The Labute approximate surface area is 173 Å². The summed E-state index contributed by atoms with van der Waals surface area (Å²) in [6.45, 7) is 5.36. The van der Waals surface area contributed by atoms with Gasteiger partial charge in [0.1, 0.15) is 5.75 Å².